The van der Waals surface area contributed by atoms with Gasteiger partial charge in [-0.15, -0.1) is 0 Å². The molecule has 21 heavy (non-hydrogen) atoms. The van der Waals surface area contributed by atoms with Crippen molar-refractivity contribution in [2.75, 3.05) is 32.7 Å². The fourth-order valence-corrected chi connectivity index (χ4v) is 2.76. The number of piperazine rings is 1. The van der Waals surface area contributed by atoms with Gasteiger partial charge in [0, 0.05) is 38.9 Å². The molecule has 1 N–H and O–H groups in total. The van der Waals surface area contributed by atoms with Gasteiger partial charge in [0.05, 0.1) is 11.6 Å². The predicted octanol–water partition coefficient (Wildman–Crippen LogP) is 1.39. The van der Waals surface area contributed by atoms with E-state index in [9.17, 15) is 9.59 Å². The number of aromatic nitrogens is 1. The SMILES string of the molecule is CCCn1cc(Cl)cc1C(=O)N1CCN(CC(=O)O)CC1. The number of amides is 1. The summed E-state index contributed by atoms with van der Waals surface area (Å²) in [6, 6.07) is 1.70. The zero-order valence-corrected chi connectivity index (χ0v) is 12.8. The van der Waals surface area contributed by atoms with E-state index in [1.54, 1.807) is 17.2 Å². The van der Waals surface area contributed by atoms with Crippen molar-refractivity contribution in [2.24, 2.45) is 0 Å². The second-order valence-corrected chi connectivity index (χ2v) is 5.64. The van der Waals surface area contributed by atoms with Crippen LogP contribution in [-0.2, 0) is 11.3 Å². The molecule has 0 radical (unpaired) electrons. The second-order valence-electron chi connectivity index (χ2n) is 5.20. The van der Waals surface area contributed by atoms with Gasteiger partial charge >= 0.3 is 5.97 Å². The minimum absolute atomic E-state index is 0.0278. The van der Waals surface area contributed by atoms with E-state index in [1.807, 2.05) is 16.4 Å². The molecule has 1 aromatic heterocycles. The summed E-state index contributed by atoms with van der Waals surface area (Å²) in [5.74, 6) is -0.872. The topological polar surface area (TPSA) is 65.8 Å². The van der Waals surface area contributed by atoms with Crippen LogP contribution in [0.5, 0.6) is 0 Å². The van der Waals surface area contributed by atoms with Crippen LogP contribution in [0, 0.1) is 0 Å². The van der Waals surface area contributed by atoms with Crippen molar-refractivity contribution in [3.05, 3.63) is 23.0 Å². The van der Waals surface area contributed by atoms with E-state index < -0.39 is 5.97 Å². The van der Waals surface area contributed by atoms with E-state index >= 15 is 0 Å². The number of carboxylic acids is 1. The number of carbonyl (C=O) groups excluding carboxylic acids is 1. The minimum atomic E-state index is -0.835. The molecule has 0 spiro atoms. The van der Waals surface area contributed by atoms with Crippen LogP contribution in [-0.4, -0.2) is 64.1 Å². The third-order valence-electron chi connectivity index (χ3n) is 3.57. The van der Waals surface area contributed by atoms with Crippen LogP contribution in [0.15, 0.2) is 12.3 Å². The summed E-state index contributed by atoms with van der Waals surface area (Å²) < 4.78 is 1.88. The lowest BCUT2D eigenvalue weighted by molar-refractivity contribution is -0.138. The van der Waals surface area contributed by atoms with Crippen LogP contribution in [0.4, 0.5) is 0 Å². The van der Waals surface area contributed by atoms with Crippen LogP contribution in [0.3, 0.4) is 0 Å². The van der Waals surface area contributed by atoms with Crippen molar-refractivity contribution < 1.29 is 14.7 Å². The normalized spacial score (nSPS) is 16.2. The zero-order valence-electron chi connectivity index (χ0n) is 12.1. The number of rotatable bonds is 5. The first kappa shape index (κ1) is 15.9. The molecule has 1 fully saturated rings. The molecule has 116 valence electrons. The highest BCUT2D eigenvalue weighted by Crippen LogP contribution is 2.17. The summed E-state index contributed by atoms with van der Waals surface area (Å²) in [5.41, 5.74) is 0.605. The molecule has 1 saturated heterocycles. The van der Waals surface area contributed by atoms with Crippen LogP contribution in [0.1, 0.15) is 23.8 Å². The number of aliphatic carboxylic acids is 1. The number of aryl methyl sites for hydroxylation is 1. The molecule has 0 aliphatic carbocycles. The smallest absolute Gasteiger partial charge is 0.317 e. The summed E-state index contributed by atoms with van der Waals surface area (Å²) in [6.45, 7) is 5.09. The Kier molecular flexibility index (Phi) is 5.25. The van der Waals surface area contributed by atoms with Gasteiger partial charge in [0.25, 0.3) is 5.91 Å². The van der Waals surface area contributed by atoms with E-state index in [-0.39, 0.29) is 12.5 Å². The number of carboxylic acid groups (broad SMARTS) is 1. The summed E-state index contributed by atoms with van der Waals surface area (Å²) in [5, 5.41) is 9.34. The number of hydrogen-bond acceptors (Lipinski definition) is 3. The van der Waals surface area contributed by atoms with Gasteiger partial charge in [0.2, 0.25) is 0 Å². The Bertz CT molecular complexity index is 522. The quantitative estimate of drug-likeness (QED) is 0.892. The molecular weight excluding hydrogens is 294 g/mol. The largest absolute Gasteiger partial charge is 0.480 e. The first-order valence-corrected chi connectivity index (χ1v) is 7.48. The molecule has 1 aliphatic heterocycles. The van der Waals surface area contributed by atoms with Gasteiger partial charge in [-0.3, -0.25) is 14.5 Å². The molecule has 1 amide bonds. The Morgan fingerprint density at radius 3 is 2.52 bits per heavy atom. The Hall–Kier alpha value is -1.53. The van der Waals surface area contributed by atoms with Crippen LogP contribution in [0.2, 0.25) is 5.02 Å². The van der Waals surface area contributed by atoms with E-state index in [0.717, 1.165) is 13.0 Å². The first-order valence-electron chi connectivity index (χ1n) is 7.10. The molecule has 0 saturated carbocycles. The van der Waals surface area contributed by atoms with Crippen molar-refractivity contribution >= 4 is 23.5 Å². The van der Waals surface area contributed by atoms with Gasteiger partial charge in [0.15, 0.2) is 0 Å². The molecule has 0 atom stereocenters. The van der Waals surface area contributed by atoms with E-state index in [4.69, 9.17) is 16.7 Å². The average molecular weight is 314 g/mol. The highest BCUT2D eigenvalue weighted by molar-refractivity contribution is 6.31. The number of hydrogen-bond donors (Lipinski definition) is 1. The average Bonchev–Trinajstić information content (AvgIpc) is 2.79. The zero-order chi connectivity index (χ0) is 15.4. The Morgan fingerprint density at radius 1 is 1.29 bits per heavy atom. The maximum atomic E-state index is 12.5. The van der Waals surface area contributed by atoms with E-state index in [0.29, 0.717) is 36.9 Å². The molecule has 0 bridgehead atoms. The summed E-state index contributed by atoms with van der Waals surface area (Å²) >= 11 is 6.00. The van der Waals surface area contributed by atoms with Gasteiger partial charge in [-0.25, -0.2) is 0 Å². The highest BCUT2D eigenvalue weighted by Gasteiger charge is 2.25. The van der Waals surface area contributed by atoms with Crippen molar-refractivity contribution in [3.63, 3.8) is 0 Å². The van der Waals surface area contributed by atoms with Crippen molar-refractivity contribution in [3.8, 4) is 0 Å². The van der Waals surface area contributed by atoms with Crippen molar-refractivity contribution in [1.82, 2.24) is 14.4 Å². The molecule has 7 heteroatoms. The molecule has 2 rings (SSSR count). The number of halogens is 1. The molecule has 0 aromatic carbocycles. The van der Waals surface area contributed by atoms with Gasteiger partial charge in [-0.1, -0.05) is 18.5 Å². The standard InChI is InChI=1S/C14H20ClN3O3/c1-2-3-18-9-11(15)8-12(18)14(21)17-6-4-16(5-7-17)10-13(19)20/h8-9H,2-7,10H2,1H3,(H,19,20). The molecule has 1 aliphatic rings. The second kappa shape index (κ2) is 6.95. The maximum absolute atomic E-state index is 12.5. The molecular formula is C14H20ClN3O3. The monoisotopic (exact) mass is 313 g/mol. The lowest BCUT2D eigenvalue weighted by atomic mass is 10.2. The Labute approximate surface area is 128 Å². The number of carbonyl (C=O) groups is 2. The van der Waals surface area contributed by atoms with Crippen LogP contribution < -0.4 is 0 Å². The molecule has 6 nitrogen and oxygen atoms in total. The lowest BCUT2D eigenvalue weighted by Crippen LogP contribution is -2.50. The maximum Gasteiger partial charge on any atom is 0.317 e. The molecule has 2 heterocycles. The lowest BCUT2D eigenvalue weighted by Gasteiger charge is -2.33. The molecule has 0 unspecified atom stereocenters. The first-order chi connectivity index (χ1) is 10.0. The third kappa shape index (κ3) is 3.98. The minimum Gasteiger partial charge on any atom is -0.480 e. The van der Waals surface area contributed by atoms with Crippen molar-refractivity contribution in [1.29, 1.82) is 0 Å². The Morgan fingerprint density at radius 2 is 1.95 bits per heavy atom. The Balaban J connectivity index is 2.00. The van der Waals surface area contributed by atoms with Crippen molar-refractivity contribution in [2.45, 2.75) is 19.9 Å². The number of nitrogens with zero attached hydrogens (tertiary/aromatic N) is 3. The van der Waals surface area contributed by atoms with Gasteiger partial charge in [-0.2, -0.15) is 0 Å². The molecule has 1 aromatic rings. The van der Waals surface area contributed by atoms with Gasteiger partial charge in [0.1, 0.15) is 5.69 Å². The van der Waals surface area contributed by atoms with Gasteiger partial charge in [-0.05, 0) is 12.5 Å². The summed E-state index contributed by atoms with van der Waals surface area (Å²) in [7, 11) is 0. The highest BCUT2D eigenvalue weighted by atomic mass is 35.5. The fourth-order valence-electron chi connectivity index (χ4n) is 2.54. The third-order valence-corrected chi connectivity index (χ3v) is 3.77. The summed E-state index contributed by atoms with van der Waals surface area (Å²) in [4.78, 5) is 26.8. The van der Waals surface area contributed by atoms with Crippen LogP contribution in [0.25, 0.3) is 0 Å². The fraction of sp³-hybridized carbons (Fsp3) is 0.571. The predicted molar refractivity (Wildman–Crippen MR) is 79.7 cm³/mol. The van der Waals surface area contributed by atoms with E-state index in [2.05, 4.69) is 0 Å². The van der Waals surface area contributed by atoms with Crippen LogP contribution >= 0.6 is 11.6 Å². The summed E-state index contributed by atoms with van der Waals surface area (Å²) in [6.07, 6.45) is 2.71. The van der Waals surface area contributed by atoms with E-state index in [1.165, 1.54) is 0 Å². The van der Waals surface area contributed by atoms with Gasteiger partial charge < -0.3 is 14.6 Å².